The second kappa shape index (κ2) is 5.58. The van der Waals surface area contributed by atoms with Gasteiger partial charge in [0, 0.05) is 12.4 Å². The van der Waals surface area contributed by atoms with Crippen LogP contribution in [0, 0.1) is 0 Å². The minimum Gasteiger partial charge on any atom is -0.359 e. The summed E-state index contributed by atoms with van der Waals surface area (Å²) in [5, 5.41) is 2.27. The van der Waals surface area contributed by atoms with E-state index in [9.17, 15) is 18.0 Å². The summed E-state index contributed by atoms with van der Waals surface area (Å²) >= 11 is 0. The Hall–Kier alpha value is -1.70. The van der Waals surface area contributed by atoms with Crippen molar-refractivity contribution in [2.45, 2.75) is 19.2 Å². The maximum absolute atomic E-state index is 11.8. The lowest BCUT2D eigenvalue weighted by Crippen LogP contribution is -2.31. The molecule has 0 unspecified atom stereocenters. The maximum Gasteiger partial charge on any atom is 0.411 e. The largest absolute Gasteiger partial charge is 0.411 e. The average Bonchev–Trinajstić information content (AvgIpc) is 2.26. The summed E-state index contributed by atoms with van der Waals surface area (Å²) in [5.41, 5.74) is 0. The molecule has 0 aromatic carbocycles. The van der Waals surface area contributed by atoms with Gasteiger partial charge < -0.3 is 10.1 Å². The van der Waals surface area contributed by atoms with Gasteiger partial charge >= 0.3 is 6.18 Å². The highest BCUT2D eigenvalue weighted by Gasteiger charge is 2.29. The molecule has 0 saturated carbocycles. The van der Waals surface area contributed by atoms with Crippen molar-refractivity contribution >= 4 is 11.7 Å². The van der Waals surface area contributed by atoms with Gasteiger partial charge in [0.1, 0.15) is 12.7 Å². The Morgan fingerprint density at radius 2 is 2.24 bits per heavy atom. The Morgan fingerprint density at radius 1 is 1.53 bits per heavy atom. The van der Waals surface area contributed by atoms with Crippen LogP contribution in [0.5, 0.6) is 0 Å². The van der Waals surface area contributed by atoms with Gasteiger partial charge in [-0.05, 0) is 6.92 Å². The number of rotatable bonds is 4. The summed E-state index contributed by atoms with van der Waals surface area (Å²) in [4.78, 5) is 18.8. The third-order valence-electron chi connectivity index (χ3n) is 1.68. The second-order valence-corrected chi connectivity index (χ2v) is 3.15. The van der Waals surface area contributed by atoms with E-state index >= 15 is 0 Å². The third-order valence-corrected chi connectivity index (χ3v) is 1.68. The van der Waals surface area contributed by atoms with E-state index in [0.29, 0.717) is 0 Å². The van der Waals surface area contributed by atoms with E-state index in [4.69, 9.17) is 0 Å². The molecule has 1 aromatic rings. The highest BCUT2D eigenvalue weighted by atomic mass is 19.4. The molecule has 0 saturated heterocycles. The van der Waals surface area contributed by atoms with Crippen molar-refractivity contribution in [3.63, 3.8) is 0 Å². The van der Waals surface area contributed by atoms with Crippen molar-refractivity contribution in [1.82, 2.24) is 9.97 Å². The molecule has 17 heavy (non-hydrogen) atoms. The summed E-state index contributed by atoms with van der Waals surface area (Å²) in [6.07, 6.45) is -1.66. The zero-order chi connectivity index (χ0) is 12.9. The molecule has 0 radical (unpaired) electrons. The zero-order valence-corrected chi connectivity index (χ0v) is 8.86. The van der Waals surface area contributed by atoms with Crippen LogP contribution in [0.3, 0.4) is 0 Å². The summed E-state index contributed by atoms with van der Waals surface area (Å²) in [6.45, 7) is -0.250. The number of nitrogens with one attached hydrogen (secondary N) is 1. The van der Waals surface area contributed by atoms with E-state index in [0.717, 1.165) is 0 Å². The predicted octanol–water partition coefficient (Wildman–Crippen LogP) is 1.38. The van der Waals surface area contributed by atoms with Crippen LogP contribution in [0.4, 0.5) is 19.0 Å². The van der Waals surface area contributed by atoms with Gasteiger partial charge in [0.05, 0.1) is 6.20 Å². The fraction of sp³-hybridized carbons (Fsp3) is 0.444. The third kappa shape index (κ3) is 5.25. The quantitative estimate of drug-likeness (QED) is 0.875. The topological polar surface area (TPSA) is 64.1 Å². The molecule has 0 spiro atoms. The molecule has 1 rings (SSSR count). The lowest BCUT2D eigenvalue weighted by atomic mass is 10.4. The van der Waals surface area contributed by atoms with Crippen molar-refractivity contribution in [2.75, 3.05) is 11.9 Å². The van der Waals surface area contributed by atoms with Gasteiger partial charge in [-0.2, -0.15) is 13.2 Å². The van der Waals surface area contributed by atoms with Crippen LogP contribution in [0.1, 0.15) is 6.92 Å². The van der Waals surface area contributed by atoms with E-state index in [1.807, 2.05) is 0 Å². The van der Waals surface area contributed by atoms with Crippen molar-refractivity contribution in [1.29, 1.82) is 0 Å². The van der Waals surface area contributed by atoms with Gasteiger partial charge in [0.2, 0.25) is 0 Å². The minimum absolute atomic E-state index is 0.153. The number of ether oxygens (including phenoxy) is 1. The van der Waals surface area contributed by atoms with Crippen molar-refractivity contribution < 1.29 is 22.7 Å². The van der Waals surface area contributed by atoms with Gasteiger partial charge in [0.15, 0.2) is 5.82 Å². The number of nitrogens with zero attached hydrogens (tertiary/aromatic N) is 2. The smallest absolute Gasteiger partial charge is 0.359 e. The highest BCUT2D eigenvalue weighted by Crippen LogP contribution is 2.15. The molecule has 0 aliphatic rings. The first kappa shape index (κ1) is 13.4. The first-order valence-electron chi connectivity index (χ1n) is 4.64. The zero-order valence-electron chi connectivity index (χ0n) is 8.86. The molecule has 94 valence electrons. The molecule has 5 nitrogen and oxygen atoms in total. The van der Waals surface area contributed by atoms with Gasteiger partial charge in [-0.1, -0.05) is 0 Å². The standard InChI is InChI=1S/C9H10F3N3O2/c1-6(17-5-9(10,11)12)8(16)15-7-4-13-2-3-14-7/h2-4,6H,5H2,1H3,(H,14,15,16)/t6-/m1/s1. The molecule has 1 heterocycles. The predicted molar refractivity (Wildman–Crippen MR) is 52.1 cm³/mol. The monoisotopic (exact) mass is 249 g/mol. The number of aromatic nitrogens is 2. The first-order valence-corrected chi connectivity index (χ1v) is 4.64. The van der Waals surface area contributed by atoms with E-state index < -0.39 is 24.8 Å². The number of alkyl halides is 3. The molecule has 0 fully saturated rings. The Labute approximate surface area is 95.0 Å². The van der Waals surface area contributed by atoms with Crippen LogP contribution in [-0.4, -0.2) is 34.8 Å². The Kier molecular flexibility index (Phi) is 4.38. The number of carbonyl (C=O) groups is 1. The molecule has 1 amide bonds. The second-order valence-electron chi connectivity index (χ2n) is 3.15. The van der Waals surface area contributed by atoms with Crippen LogP contribution in [-0.2, 0) is 9.53 Å². The Balaban J connectivity index is 2.43. The molecule has 1 atom stereocenters. The molecule has 8 heteroatoms. The molecule has 1 N–H and O–H groups in total. The fourth-order valence-corrected chi connectivity index (χ4v) is 0.887. The highest BCUT2D eigenvalue weighted by molar-refractivity contribution is 5.92. The van der Waals surface area contributed by atoms with E-state index in [1.54, 1.807) is 0 Å². The summed E-state index contributed by atoms with van der Waals surface area (Å²) in [6, 6.07) is 0. The summed E-state index contributed by atoms with van der Waals surface area (Å²) < 4.78 is 39.8. The van der Waals surface area contributed by atoms with Gasteiger partial charge in [-0.25, -0.2) is 4.98 Å². The lowest BCUT2D eigenvalue weighted by Gasteiger charge is -2.14. The van der Waals surface area contributed by atoms with Crippen LogP contribution in [0.2, 0.25) is 0 Å². The number of halogens is 3. The molecular formula is C9H10F3N3O2. The van der Waals surface area contributed by atoms with Crippen molar-refractivity contribution in [3.8, 4) is 0 Å². The number of hydrogen-bond acceptors (Lipinski definition) is 4. The van der Waals surface area contributed by atoms with E-state index in [1.165, 1.54) is 25.5 Å². The van der Waals surface area contributed by atoms with Gasteiger partial charge in [-0.15, -0.1) is 0 Å². The Morgan fingerprint density at radius 3 is 2.76 bits per heavy atom. The number of carbonyl (C=O) groups excluding carboxylic acids is 1. The molecule has 0 aliphatic carbocycles. The normalized spacial score (nSPS) is 13.2. The molecule has 1 aromatic heterocycles. The number of anilines is 1. The van der Waals surface area contributed by atoms with Crippen LogP contribution < -0.4 is 5.32 Å². The van der Waals surface area contributed by atoms with E-state index in [-0.39, 0.29) is 5.82 Å². The molecule has 0 aliphatic heterocycles. The van der Waals surface area contributed by atoms with Crippen LogP contribution >= 0.6 is 0 Å². The van der Waals surface area contributed by atoms with Crippen LogP contribution in [0.25, 0.3) is 0 Å². The van der Waals surface area contributed by atoms with Crippen molar-refractivity contribution in [2.24, 2.45) is 0 Å². The first-order chi connectivity index (χ1) is 7.88. The van der Waals surface area contributed by atoms with Crippen molar-refractivity contribution in [3.05, 3.63) is 18.6 Å². The van der Waals surface area contributed by atoms with Gasteiger partial charge in [0.25, 0.3) is 5.91 Å². The SMILES string of the molecule is C[C@@H](OCC(F)(F)F)C(=O)Nc1cnccn1. The van der Waals surface area contributed by atoms with Gasteiger partial charge in [-0.3, -0.25) is 9.78 Å². The average molecular weight is 249 g/mol. The summed E-state index contributed by atoms with van der Waals surface area (Å²) in [5.74, 6) is -0.560. The van der Waals surface area contributed by atoms with Crippen LogP contribution in [0.15, 0.2) is 18.6 Å². The molecule has 0 bridgehead atoms. The Bertz CT molecular complexity index is 369. The maximum atomic E-state index is 11.8. The lowest BCUT2D eigenvalue weighted by molar-refractivity contribution is -0.184. The number of hydrogen-bond donors (Lipinski definition) is 1. The minimum atomic E-state index is -4.46. The summed E-state index contributed by atoms with van der Waals surface area (Å²) in [7, 11) is 0. The molecular weight excluding hydrogens is 239 g/mol. The fourth-order valence-electron chi connectivity index (χ4n) is 0.887. The van der Waals surface area contributed by atoms with E-state index in [2.05, 4.69) is 20.0 Å². The number of amides is 1.